The largest absolute Gasteiger partial charge is 0.367 e. The Morgan fingerprint density at radius 3 is 2.48 bits per heavy atom. The van der Waals surface area contributed by atoms with Crippen LogP contribution in [0.15, 0.2) is 12.4 Å². The van der Waals surface area contributed by atoms with E-state index in [-0.39, 0.29) is 5.91 Å². The topological polar surface area (TPSA) is 61.4 Å². The Bertz CT molecular complexity index is 519. The lowest BCUT2D eigenvalue weighted by Gasteiger charge is -2.32. The number of amides is 1. The average molecular weight is 317 g/mol. The number of hydrogen-bond donors (Lipinski definition) is 1. The first-order chi connectivity index (χ1) is 11.2. The lowest BCUT2D eigenvalue weighted by Crippen LogP contribution is -2.47. The van der Waals surface area contributed by atoms with Gasteiger partial charge in [0.25, 0.3) is 5.91 Å². The molecular weight excluding hydrogens is 290 g/mol. The lowest BCUT2D eigenvalue weighted by molar-refractivity contribution is 0.0658. The van der Waals surface area contributed by atoms with Gasteiger partial charge in [-0.15, -0.1) is 0 Å². The van der Waals surface area contributed by atoms with Crippen LogP contribution in [0.4, 0.5) is 5.82 Å². The maximum absolute atomic E-state index is 12.6. The number of anilines is 1. The molecule has 6 heteroatoms. The summed E-state index contributed by atoms with van der Waals surface area (Å²) in [5.41, 5.74) is 0.501. The van der Waals surface area contributed by atoms with E-state index in [1.54, 1.807) is 0 Å². The van der Waals surface area contributed by atoms with Crippen LogP contribution in [0.1, 0.15) is 49.0 Å². The number of piperazine rings is 1. The maximum atomic E-state index is 12.6. The zero-order valence-electron chi connectivity index (χ0n) is 14.0. The fraction of sp³-hybridized carbons (Fsp3) is 0.706. The van der Waals surface area contributed by atoms with Crippen LogP contribution in [0, 0.1) is 0 Å². The van der Waals surface area contributed by atoms with Crippen LogP contribution in [0.5, 0.6) is 0 Å². The van der Waals surface area contributed by atoms with Crippen molar-refractivity contribution in [3.05, 3.63) is 18.1 Å². The first kappa shape index (κ1) is 16.2. The molecule has 1 N–H and O–H groups in total. The number of aromatic nitrogens is 2. The highest BCUT2D eigenvalue weighted by Gasteiger charge is 2.22. The van der Waals surface area contributed by atoms with Crippen LogP contribution in [-0.4, -0.2) is 64.9 Å². The van der Waals surface area contributed by atoms with Crippen molar-refractivity contribution in [3.8, 4) is 0 Å². The second-order valence-electron chi connectivity index (χ2n) is 6.72. The zero-order chi connectivity index (χ0) is 16.1. The van der Waals surface area contributed by atoms with Crippen molar-refractivity contribution in [1.29, 1.82) is 0 Å². The summed E-state index contributed by atoms with van der Waals surface area (Å²) in [6.07, 6.45) is 9.08. The van der Waals surface area contributed by atoms with E-state index in [2.05, 4.69) is 27.2 Å². The van der Waals surface area contributed by atoms with Crippen LogP contribution in [0.3, 0.4) is 0 Å². The number of carbonyl (C=O) groups is 1. The van der Waals surface area contributed by atoms with Gasteiger partial charge in [0.15, 0.2) is 0 Å². The third-order valence-electron chi connectivity index (χ3n) is 4.88. The molecule has 2 fully saturated rings. The maximum Gasteiger partial charge on any atom is 0.272 e. The molecule has 0 atom stereocenters. The molecule has 1 aromatic rings. The SMILES string of the molecule is CN1CCN(C(=O)c2cc(NC3CCCCCC3)ncn2)CC1. The molecule has 0 unspecified atom stereocenters. The normalized spacial score (nSPS) is 21.0. The molecule has 126 valence electrons. The van der Waals surface area contributed by atoms with Gasteiger partial charge in [-0.1, -0.05) is 25.7 Å². The van der Waals surface area contributed by atoms with Gasteiger partial charge >= 0.3 is 0 Å². The summed E-state index contributed by atoms with van der Waals surface area (Å²) >= 11 is 0. The van der Waals surface area contributed by atoms with E-state index < -0.39 is 0 Å². The van der Waals surface area contributed by atoms with Gasteiger partial charge in [0.05, 0.1) is 0 Å². The molecule has 0 spiro atoms. The lowest BCUT2D eigenvalue weighted by atomic mass is 10.1. The highest BCUT2D eigenvalue weighted by Crippen LogP contribution is 2.20. The molecule has 6 nitrogen and oxygen atoms in total. The molecule has 23 heavy (non-hydrogen) atoms. The smallest absolute Gasteiger partial charge is 0.272 e. The average Bonchev–Trinajstić information content (AvgIpc) is 2.84. The van der Waals surface area contributed by atoms with Gasteiger partial charge < -0.3 is 15.1 Å². The Morgan fingerprint density at radius 2 is 1.78 bits per heavy atom. The summed E-state index contributed by atoms with van der Waals surface area (Å²) in [6, 6.07) is 2.28. The van der Waals surface area contributed by atoms with E-state index in [1.165, 1.54) is 44.9 Å². The Hall–Kier alpha value is -1.69. The predicted octanol–water partition coefficient (Wildman–Crippen LogP) is 2.00. The Balaban J connectivity index is 1.63. The van der Waals surface area contributed by atoms with Gasteiger partial charge in [0.1, 0.15) is 17.8 Å². The molecule has 3 rings (SSSR count). The van der Waals surface area contributed by atoms with Gasteiger partial charge in [-0.2, -0.15) is 0 Å². The van der Waals surface area contributed by atoms with Gasteiger partial charge in [-0.25, -0.2) is 9.97 Å². The second-order valence-corrected chi connectivity index (χ2v) is 6.72. The molecule has 1 aliphatic heterocycles. The summed E-state index contributed by atoms with van der Waals surface area (Å²) < 4.78 is 0. The standard InChI is InChI=1S/C17H27N5O/c1-21-8-10-22(11-9-21)17(23)15-12-16(19-13-18-15)20-14-6-4-2-3-5-7-14/h12-14H,2-11H2,1H3,(H,18,19,20). The molecule has 1 aliphatic carbocycles. The van der Waals surface area contributed by atoms with E-state index >= 15 is 0 Å². The fourth-order valence-corrected chi connectivity index (χ4v) is 3.36. The number of carbonyl (C=O) groups excluding carboxylic acids is 1. The summed E-state index contributed by atoms with van der Waals surface area (Å²) in [6.45, 7) is 3.38. The monoisotopic (exact) mass is 317 g/mol. The minimum Gasteiger partial charge on any atom is -0.367 e. The minimum absolute atomic E-state index is 0.0180. The third-order valence-corrected chi connectivity index (χ3v) is 4.88. The van der Waals surface area contributed by atoms with Crippen LogP contribution < -0.4 is 5.32 Å². The van der Waals surface area contributed by atoms with Gasteiger partial charge in [-0.3, -0.25) is 4.79 Å². The molecule has 1 saturated heterocycles. The van der Waals surface area contributed by atoms with Crippen molar-refractivity contribution in [3.63, 3.8) is 0 Å². The van der Waals surface area contributed by atoms with Gasteiger partial charge in [0, 0.05) is 38.3 Å². The summed E-state index contributed by atoms with van der Waals surface area (Å²) in [5, 5.41) is 3.50. The van der Waals surface area contributed by atoms with Crippen LogP contribution >= 0.6 is 0 Å². The van der Waals surface area contributed by atoms with Crippen molar-refractivity contribution in [1.82, 2.24) is 19.8 Å². The van der Waals surface area contributed by atoms with Crippen molar-refractivity contribution >= 4 is 11.7 Å². The molecule has 2 aliphatic rings. The first-order valence-corrected chi connectivity index (χ1v) is 8.79. The molecule has 0 aromatic carbocycles. The molecule has 1 aromatic heterocycles. The van der Waals surface area contributed by atoms with Crippen LogP contribution in [0.2, 0.25) is 0 Å². The fourth-order valence-electron chi connectivity index (χ4n) is 3.36. The molecule has 1 saturated carbocycles. The molecule has 2 heterocycles. The minimum atomic E-state index is 0.0180. The Morgan fingerprint density at radius 1 is 1.09 bits per heavy atom. The number of nitrogens with one attached hydrogen (secondary N) is 1. The molecule has 1 amide bonds. The summed E-state index contributed by atoms with van der Waals surface area (Å²) in [4.78, 5) is 25.2. The summed E-state index contributed by atoms with van der Waals surface area (Å²) in [5.74, 6) is 0.800. The van der Waals surface area contributed by atoms with E-state index in [0.29, 0.717) is 11.7 Å². The number of likely N-dealkylation sites (N-methyl/N-ethyl adjacent to an activating group) is 1. The number of hydrogen-bond acceptors (Lipinski definition) is 5. The quantitative estimate of drug-likeness (QED) is 0.864. The first-order valence-electron chi connectivity index (χ1n) is 8.79. The highest BCUT2D eigenvalue weighted by atomic mass is 16.2. The van der Waals surface area contributed by atoms with Crippen molar-refractivity contribution < 1.29 is 4.79 Å². The molecule has 0 bridgehead atoms. The van der Waals surface area contributed by atoms with Crippen LogP contribution in [0.25, 0.3) is 0 Å². The summed E-state index contributed by atoms with van der Waals surface area (Å²) in [7, 11) is 2.08. The van der Waals surface area contributed by atoms with E-state index in [4.69, 9.17) is 0 Å². The highest BCUT2D eigenvalue weighted by molar-refractivity contribution is 5.93. The van der Waals surface area contributed by atoms with Gasteiger partial charge in [0.2, 0.25) is 0 Å². The Kier molecular flexibility index (Phi) is 5.43. The van der Waals surface area contributed by atoms with Crippen molar-refractivity contribution in [2.75, 3.05) is 38.5 Å². The second kappa shape index (κ2) is 7.73. The van der Waals surface area contributed by atoms with E-state index in [1.807, 2.05) is 11.0 Å². The van der Waals surface area contributed by atoms with E-state index in [0.717, 1.165) is 32.0 Å². The van der Waals surface area contributed by atoms with Gasteiger partial charge in [-0.05, 0) is 19.9 Å². The molecular formula is C17H27N5O. The number of nitrogens with zero attached hydrogens (tertiary/aromatic N) is 4. The van der Waals surface area contributed by atoms with E-state index in [9.17, 15) is 4.79 Å². The van der Waals surface area contributed by atoms with Crippen LogP contribution in [-0.2, 0) is 0 Å². The third kappa shape index (κ3) is 4.41. The number of rotatable bonds is 3. The predicted molar refractivity (Wildman–Crippen MR) is 90.5 cm³/mol. The molecule has 0 radical (unpaired) electrons. The zero-order valence-corrected chi connectivity index (χ0v) is 14.0. The van der Waals surface area contributed by atoms with Crippen molar-refractivity contribution in [2.45, 2.75) is 44.6 Å². The Labute approximate surface area is 138 Å². The van der Waals surface area contributed by atoms with Crippen molar-refractivity contribution in [2.24, 2.45) is 0 Å².